The molecular weight excluding hydrogens is 537 g/mol. The van der Waals surface area contributed by atoms with E-state index in [9.17, 15) is 14.4 Å². The highest BCUT2D eigenvalue weighted by Gasteiger charge is 2.60. The number of urea groups is 1. The van der Waals surface area contributed by atoms with Crippen LogP contribution in [0.1, 0.15) is 75.6 Å². The molecule has 4 bridgehead atoms. The summed E-state index contributed by atoms with van der Waals surface area (Å²) in [7, 11) is 0. The van der Waals surface area contributed by atoms with Gasteiger partial charge in [-0.2, -0.15) is 0 Å². The Morgan fingerprint density at radius 3 is 2.33 bits per heavy atom. The van der Waals surface area contributed by atoms with Gasteiger partial charge in [-0.1, -0.05) is 13.8 Å². The van der Waals surface area contributed by atoms with Crippen molar-refractivity contribution in [2.75, 3.05) is 57.7 Å². The lowest BCUT2D eigenvalue weighted by molar-refractivity contribution is -0.138. The third kappa shape index (κ3) is 5.89. The number of piperidine rings is 1. The smallest absolute Gasteiger partial charge is 0.319 e. The Balaban J connectivity index is 1.05. The fourth-order valence-electron chi connectivity index (χ4n) is 9.87. The predicted octanol–water partition coefficient (Wildman–Crippen LogP) is 3.68. The lowest BCUT2D eigenvalue weighted by Crippen LogP contribution is -2.65. The summed E-state index contributed by atoms with van der Waals surface area (Å²) >= 11 is 0. The number of nitrogens with zero attached hydrogens (tertiary/aromatic N) is 3. The lowest BCUT2D eigenvalue weighted by Gasteiger charge is -2.65. The van der Waals surface area contributed by atoms with Gasteiger partial charge in [0, 0.05) is 56.9 Å². The fraction of sp³-hybridized carbons (Fsp3) is 0.719. The van der Waals surface area contributed by atoms with Crippen molar-refractivity contribution in [2.24, 2.45) is 22.7 Å². The number of carbonyl (C=O) groups is 3. The van der Waals surface area contributed by atoms with Crippen LogP contribution in [0, 0.1) is 28.5 Å². The van der Waals surface area contributed by atoms with Gasteiger partial charge in [0.2, 0.25) is 5.91 Å². The van der Waals surface area contributed by atoms with Crippen molar-refractivity contribution in [2.45, 2.75) is 70.8 Å². The van der Waals surface area contributed by atoms with E-state index in [4.69, 9.17) is 5.11 Å². The van der Waals surface area contributed by atoms with Crippen molar-refractivity contribution in [1.29, 1.82) is 0 Å². The molecule has 0 spiro atoms. The molecule has 2 saturated heterocycles. The molecule has 6 fully saturated rings. The van der Waals surface area contributed by atoms with E-state index >= 15 is 4.39 Å². The number of likely N-dealkylation sites (tertiary alicyclic amines) is 1. The molecule has 4 saturated carbocycles. The number of hydrogen-bond donors (Lipinski definition) is 3. The zero-order valence-corrected chi connectivity index (χ0v) is 25.1. The van der Waals surface area contributed by atoms with E-state index in [0.717, 1.165) is 45.2 Å². The number of halogens is 1. The molecule has 2 unspecified atom stereocenters. The number of nitrogens with one attached hydrogen (secondary N) is 2. The van der Waals surface area contributed by atoms with E-state index in [1.807, 2.05) is 4.90 Å². The predicted molar refractivity (Wildman–Crippen MR) is 157 cm³/mol. The molecule has 1 aromatic carbocycles. The molecule has 4 aliphatic carbocycles. The number of amides is 4. The zero-order chi connectivity index (χ0) is 29.7. The van der Waals surface area contributed by atoms with Crippen molar-refractivity contribution >= 4 is 23.5 Å². The van der Waals surface area contributed by atoms with Crippen molar-refractivity contribution in [1.82, 2.24) is 20.0 Å². The van der Waals surface area contributed by atoms with Crippen LogP contribution in [0.4, 0.5) is 14.9 Å². The van der Waals surface area contributed by atoms with Gasteiger partial charge >= 0.3 is 6.03 Å². The van der Waals surface area contributed by atoms with Crippen LogP contribution in [0.15, 0.2) is 18.2 Å². The summed E-state index contributed by atoms with van der Waals surface area (Å²) in [5.74, 6) is -0.521. The number of carbonyl (C=O) groups excluding carboxylic acids is 3. The Bertz CT molecular complexity index is 1220. The van der Waals surface area contributed by atoms with Crippen LogP contribution in [-0.4, -0.2) is 95.6 Å². The molecule has 9 nitrogen and oxygen atoms in total. The Labute approximate surface area is 248 Å². The van der Waals surface area contributed by atoms with Gasteiger partial charge in [0.1, 0.15) is 5.82 Å². The maximum absolute atomic E-state index is 15.2. The molecular formula is C32H46FN5O4. The highest BCUT2D eigenvalue weighted by molar-refractivity contribution is 5.96. The van der Waals surface area contributed by atoms with E-state index in [2.05, 4.69) is 29.4 Å². The summed E-state index contributed by atoms with van der Waals surface area (Å²) in [5, 5.41) is 15.1. The molecule has 42 heavy (non-hydrogen) atoms. The molecule has 1 aromatic rings. The maximum atomic E-state index is 15.2. The van der Waals surface area contributed by atoms with E-state index in [-0.39, 0.29) is 52.0 Å². The topological polar surface area (TPSA) is 105 Å². The molecule has 0 radical (unpaired) electrons. The number of benzene rings is 1. The normalized spacial score (nSPS) is 34.4. The molecule has 5 atom stereocenters. The standard InChI is InChI=1S/C32H46FN5O4/c1-30-15-22-16-31(2,19-30)21-32(17-22,20-30)35-29(42)34-26-6-5-23(14-25(26)33)27(40)38-7-3-4-24(18-38)28(41)37-10-8-36(9-11-37)12-13-39/h5-6,14,22,24,39H,3-4,7-13,15-21H2,1-2H3,(H2,34,35,42)/t22?,24-,30-,31+,32?/m0/s1. The van der Waals surface area contributed by atoms with E-state index < -0.39 is 11.8 Å². The highest BCUT2D eigenvalue weighted by atomic mass is 19.1. The molecule has 6 aliphatic rings. The van der Waals surface area contributed by atoms with E-state index in [1.165, 1.54) is 31.4 Å². The average molecular weight is 584 g/mol. The minimum Gasteiger partial charge on any atom is -0.395 e. The summed E-state index contributed by atoms with van der Waals surface area (Å²) in [4.78, 5) is 45.3. The molecule has 10 heteroatoms. The van der Waals surface area contributed by atoms with Gasteiger partial charge in [-0.05, 0) is 86.3 Å². The first-order valence-corrected chi connectivity index (χ1v) is 15.8. The largest absolute Gasteiger partial charge is 0.395 e. The van der Waals surface area contributed by atoms with Crippen LogP contribution < -0.4 is 10.6 Å². The van der Waals surface area contributed by atoms with Crippen LogP contribution in [-0.2, 0) is 4.79 Å². The SMILES string of the molecule is C[C@]12CC3CC(NC(=O)Nc4ccc(C(=O)N5CCC[C@H](C(=O)N6CCN(CCO)CC6)C5)cc4F)(C1)C[C@@](C)(C3)C2. The number of anilines is 1. The van der Waals surface area contributed by atoms with Crippen molar-refractivity contribution in [3.63, 3.8) is 0 Å². The second-order valence-electron chi connectivity index (χ2n) is 14.7. The fourth-order valence-corrected chi connectivity index (χ4v) is 9.87. The number of piperazine rings is 1. The summed E-state index contributed by atoms with van der Waals surface area (Å²) in [5.41, 5.74) is 0.531. The molecule has 230 valence electrons. The van der Waals surface area contributed by atoms with E-state index in [1.54, 1.807) is 11.0 Å². The number of hydrogen-bond acceptors (Lipinski definition) is 5. The van der Waals surface area contributed by atoms with Gasteiger partial charge in [0.25, 0.3) is 5.91 Å². The summed E-state index contributed by atoms with van der Waals surface area (Å²) in [6, 6.07) is 3.82. The second kappa shape index (κ2) is 11.1. The minimum absolute atomic E-state index is 0.0539. The van der Waals surface area contributed by atoms with Crippen molar-refractivity contribution in [3.8, 4) is 0 Å². The molecule has 7 rings (SSSR count). The Morgan fingerprint density at radius 1 is 0.976 bits per heavy atom. The third-order valence-corrected chi connectivity index (χ3v) is 10.6. The minimum atomic E-state index is -0.647. The van der Waals surface area contributed by atoms with Crippen LogP contribution in [0.3, 0.4) is 0 Å². The second-order valence-corrected chi connectivity index (χ2v) is 14.7. The molecule has 0 aromatic heterocycles. The van der Waals surface area contributed by atoms with Gasteiger partial charge in [0.05, 0.1) is 18.2 Å². The quantitative estimate of drug-likeness (QED) is 0.474. The number of rotatable bonds is 6. The third-order valence-electron chi connectivity index (χ3n) is 10.6. The van der Waals surface area contributed by atoms with Gasteiger partial charge in [-0.25, -0.2) is 9.18 Å². The zero-order valence-electron chi connectivity index (χ0n) is 25.1. The maximum Gasteiger partial charge on any atom is 0.319 e. The Morgan fingerprint density at radius 2 is 1.69 bits per heavy atom. The van der Waals surface area contributed by atoms with Gasteiger partial charge in [-0.3, -0.25) is 14.5 Å². The molecule has 3 N–H and O–H groups in total. The van der Waals surface area contributed by atoms with Crippen LogP contribution in [0.25, 0.3) is 0 Å². The molecule has 2 heterocycles. The first kappa shape index (κ1) is 29.4. The Kier molecular flexibility index (Phi) is 7.75. The summed E-state index contributed by atoms with van der Waals surface area (Å²) in [6.45, 7) is 8.98. The summed E-state index contributed by atoms with van der Waals surface area (Å²) in [6.07, 6.45) is 8.03. The number of β-amino-alcohol motifs (C(OH)–C–C–N with tert-alkyl or cyclic N) is 1. The summed E-state index contributed by atoms with van der Waals surface area (Å²) < 4.78 is 15.2. The average Bonchev–Trinajstić information content (AvgIpc) is 2.92. The number of aliphatic hydroxyl groups excluding tert-OH is 1. The van der Waals surface area contributed by atoms with E-state index in [0.29, 0.717) is 38.6 Å². The monoisotopic (exact) mass is 583 g/mol. The molecule has 2 aliphatic heterocycles. The van der Waals surface area contributed by atoms with Crippen LogP contribution >= 0.6 is 0 Å². The van der Waals surface area contributed by atoms with Gasteiger partial charge in [-0.15, -0.1) is 0 Å². The van der Waals surface area contributed by atoms with Crippen LogP contribution in [0.5, 0.6) is 0 Å². The van der Waals surface area contributed by atoms with Crippen molar-refractivity contribution in [3.05, 3.63) is 29.6 Å². The Hall–Kier alpha value is -2.72. The highest BCUT2D eigenvalue weighted by Crippen LogP contribution is 2.66. The van der Waals surface area contributed by atoms with Crippen LogP contribution in [0.2, 0.25) is 0 Å². The first-order chi connectivity index (χ1) is 20.0. The van der Waals surface area contributed by atoms with Gasteiger partial charge in [0.15, 0.2) is 0 Å². The molecule has 4 amide bonds. The van der Waals surface area contributed by atoms with Crippen molar-refractivity contribution < 1.29 is 23.9 Å². The number of aliphatic hydroxyl groups is 1. The van der Waals surface area contributed by atoms with Gasteiger partial charge < -0.3 is 25.5 Å². The lowest BCUT2D eigenvalue weighted by atomic mass is 9.43. The first-order valence-electron chi connectivity index (χ1n) is 15.8.